The number of carbonyl (C=O) groups is 3. The number of nitrogens with one attached hydrogen (secondary N) is 2. The van der Waals surface area contributed by atoms with Crippen LogP contribution in [0.25, 0.3) is 0 Å². The van der Waals surface area contributed by atoms with Crippen LogP contribution in [-0.2, 0) is 14.3 Å². The minimum Gasteiger partial charge on any atom is -0.376 e. The van der Waals surface area contributed by atoms with Crippen molar-refractivity contribution in [2.75, 3.05) is 13.2 Å². The Morgan fingerprint density at radius 3 is 2.71 bits per heavy atom. The van der Waals surface area contributed by atoms with Crippen LogP contribution < -0.4 is 10.6 Å². The average Bonchev–Trinajstić information content (AvgIpc) is 3.40. The molecule has 2 fully saturated rings. The van der Waals surface area contributed by atoms with Gasteiger partial charge in [0.1, 0.15) is 17.5 Å². The molecule has 2 N–H and O–H groups in total. The number of fused-ring (bicyclic) bond motifs is 3. The van der Waals surface area contributed by atoms with E-state index in [1.807, 2.05) is 52.0 Å². The van der Waals surface area contributed by atoms with Gasteiger partial charge in [0.25, 0.3) is 5.91 Å². The first-order chi connectivity index (χ1) is 14.7. The van der Waals surface area contributed by atoms with Crippen LogP contribution in [0.4, 0.5) is 0 Å². The summed E-state index contributed by atoms with van der Waals surface area (Å²) in [6.45, 7) is 8.96. The quantitative estimate of drug-likeness (QED) is 0.702. The molecule has 2 saturated heterocycles. The molecule has 0 radical (unpaired) electrons. The van der Waals surface area contributed by atoms with Crippen LogP contribution in [0.3, 0.4) is 0 Å². The van der Waals surface area contributed by atoms with E-state index in [1.165, 1.54) is 0 Å². The van der Waals surface area contributed by atoms with Crippen molar-refractivity contribution in [2.24, 2.45) is 5.92 Å². The summed E-state index contributed by atoms with van der Waals surface area (Å²) in [5.74, 6) is -0.711. The minimum absolute atomic E-state index is 0.0408. The maximum atomic E-state index is 13.5. The highest BCUT2D eigenvalue weighted by Gasteiger charge is 2.57. The third kappa shape index (κ3) is 4.07. The van der Waals surface area contributed by atoms with Crippen LogP contribution in [0, 0.1) is 5.92 Å². The lowest BCUT2D eigenvalue weighted by atomic mass is 9.98. The second-order valence-electron chi connectivity index (χ2n) is 9.39. The molecule has 1 aromatic rings. The van der Waals surface area contributed by atoms with Gasteiger partial charge in [-0.25, -0.2) is 0 Å². The van der Waals surface area contributed by atoms with E-state index in [1.54, 1.807) is 16.7 Å². The van der Waals surface area contributed by atoms with Gasteiger partial charge in [-0.2, -0.15) is 0 Å². The number of hydrogen-bond donors (Lipinski definition) is 2. The summed E-state index contributed by atoms with van der Waals surface area (Å²) >= 11 is 1.62. The molecule has 0 spiro atoms. The van der Waals surface area contributed by atoms with Gasteiger partial charge in [-0.05, 0) is 44.2 Å². The van der Waals surface area contributed by atoms with Gasteiger partial charge in [0.15, 0.2) is 0 Å². The largest absolute Gasteiger partial charge is 0.376 e. The summed E-state index contributed by atoms with van der Waals surface area (Å²) in [5.41, 5.74) is 1.61. The average molecular weight is 446 g/mol. The Hall–Kier alpha value is -2.06. The molecule has 3 aliphatic heterocycles. The van der Waals surface area contributed by atoms with Crippen molar-refractivity contribution >= 4 is 29.5 Å². The molecule has 0 aliphatic carbocycles. The summed E-state index contributed by atoms with van der Waals surface area (Å²) in [4.78, 5) is 41.1. The zero-order chi connectivity index (χ0) is 22.3. The molecule has 0 bridgehead atoms. The third-order valence-corrected chi connectivity index (χ3v) is 7.85. The summed E-state index contributed by atoms with van der Waals surface area (Å²) in [6, 6.07) is 6.20. The maximum Gasteiger partial charge on any atom is 0.256 e. The summed E-state index contributed by atoms with van der Waals surface area (Å²) in [6.07, 6.45) is 1.98. The zero-order valence-corrected chi connectivity index (χ0v) is 19.3. The lowest BCUT2D eigenvalue weighted by Gasteiger charge is -2.32. The normalized spacial score (nSPS) is 27.2. The molecular weight excluding hydrogens is 414 g/mol. The van der Waals surface area contributed by atoms with Gasteiger partial charge in [0.2, 0.25) is 11.8 Å². The second kappa shape index (κ2) is 8.47. The van der Waals surface area contributed by atoms with E-state index in [0.717, 1.165) is 25.0 Å². The first kappa shape index (κ1) is 22.1. The Morgan fingerprint density at radius 2 is 2.03 bits per heavy atom. The molecule has 4 atom stereocenters. The van der Waals surface area contributed by atoms with E-state index >= 15 is 0 Å². The van der Waals surface area contributed by atoms with Gasteiger partial charge in [-0.3, -0.25) is 14.4 Å². The molecule has 31 heavy (non-hydrogen) atoms. The van der Waals surface area contributed by atoms with Crippen molar-refractivity contribution in [1.29, 1.82) is 0 Å². The van der Waals surface area contributed by atoms with Crippen LogP contribution in [0.2, 0.25) is 0 Å². The van der Waals surface area contributed by atoms with Crippen molar-refractivity contribution in [3.8, 4) is 0 Å². The molecular formula is C23H31N3O4S. The van der Waals surface area contributed by atoms with E-state index in [0.29, 0.717) is 12.1 Å². The molecule has 3 aliphatic rings. The fourth-order valence-corrected chi connectivity index (χ4v) is 6.29. The molecule has 8 heteroatoms. The van der Waals surface area contributed by atoms with Crippen molar-refractivity contribution in [3.63, 3.8) is 0 Å². The number of nitrogens with zero attached hydrogens (tertiary/aromatic N) is 1. The van der Waals surface area contributed by atoms with Gasteiger partial charge >= 0.3 is 0 Å². The number of thioether (sulfide) groups is 1. The standard InChI is InChI=1S/C23H31N3O4S/c1-13(2)17(19(27)24-12-14-8-7-11-30-14)25-20(28)18-23(3,4)31-22-16-10-6-5-9-15(16)21(29)26(18)22/h5-6,9-10,13-14,17-18,22H,7-8,11-12H2,1-4H3,(H,24,27)(H,25,28). The van der Waals surface area contributed by atoms with Gasteiger partial charge < -0.3 is 20.3 Å². The van der Waals surface area contributed by atoms with E-state index in [2.05, 4.69) is 10.6 Å². The lowest BCUT2D eigenvalue weighted by molar-refractivity contribution is -0.133. The molecule has 4 rings (SSSR count). The summed E-state index contributed by atoms with van der Waals surface area (Å²) in [5, 5.41) is 5.70. The van der Waals surface area contributed by atoms with Crippen LogP contribution in [-0.4, -0.2) is 58.7 Å². The van der Waals surface area contributed by atoms with Gasteiger partial charge in [-0.15, -0.1) is 11.8 Å². The van der Waals surface area contributed by atoms with Crippen LogP contribution >= 0.6 is 11.8 Å². The SMILES string of the molecule is CC(C)C(NC(=O)C1N2C(=O)c3ccccc3C2SC1(C)C)C(=O)NCC1CCCO1. The lowest BCUT2D eigenvalue weighted by Crippen LogP contribution is -2.58. The number of amides is 3. The molecule has 3 heterocycles. The number of hydrogen-bond acceptors (Lipinski definition) is 5. The molecule has 1 aromatic carbocycles. The zero-order valence-electron chi connectivity index (χ0n) is 18.5. The minimum atomic E-state index is -0.672. The monoisotopic (exact) mass is 445 g/mol. The Kier molecular flexibility index (Phi) is 6.05. The Balaban J connectivity index is 1.49. The highest BCUT2D eigenvalue weighted by Crippen LogP contribution is 2.56. The Morgan fingerprint density at radius 1 is 1.29 bits per heavy atom. The van der Waals surface area contributed by atoms with Crippen molar-refractivity contribution in [1.82, 2.24) is 15.5 Å². The fourth-order valence-electron chi connectivity index (χ4n) is 4.70. The van der Waals surface area contributed by atoms with Crippen LogP contribution in [0.15, 0.2) is 24.3 Å². The van der Waals surface area contributed by atoms with E-state index in [9.17, 15) is 14.4 Å². The van der Waals surface area contributed by atoms with E-state index in [-0.39, 0.29) is 35.1 Å². The second-order valence-corrected chi connectivity index (χ2v) is 11.1. The molecule has 0 saturated carbocycles. The predicted molar refractivity (Wildman–Crippen MR) is 120 cm³/mol. The summed E-state index contributed by atoms with van der Waals surface area (Å²) in [7, 11) is 0. The van der Waals surface area contributed by atoms with E-state index in [4.69, 9.17) is 4.74 Å². The van der Waals surface area contributed by atoms with Crippen LogP contribution in [0.5, 0.6) is 0 Å². The Labute approximate surface area is 187 Å². The first-order valence-corrected chi connectivity index (χ1v) is 11.9. The third-order valence-electron chi connectivity index (χ3n) is 6.32. The fraction of sp³-hybridized carbons (Fsp3) is 0.609. The van der Waals surface area contributed by atoms with Gasteiger partial charge in [0, 0.05) is 23.5 Å². The summed E-state index contributed by atoms with van der Waals surface area (Å²) < 4.78 is 5.10. The topological polar surface area (TPSA) is 87.7 Å². The number of benzene rings is 1. The number of carbonyl (C=O) groups excluding carboxylic acids is 3. The van der Waals surface area contributed by atoms with Crippen molar-refractivity contribution < 1.29 is 19.1 Å². The van der Waals surface area contributed by atoms with Crippen molar-refractivity contribution in [2.45, 2.75) is 68.8 Å². The smallest absolute Gasteiger partial charge is 0.256 e. The molecule has 0 aromatic heterocycles. The predicted octanol–water partition coefficient (Wildman–Crippen LogP) is 2.47. The number of rotatable bonds is 6. The maximum absolute atomic E-state index is 13.5. The highest BCUT2D eigenvalue weighted by molar-refractivity contribution is 8.01. The van der Waals surface area contributed by atoms with Gasteiger partial charge in [0.05, 0.1) is 6.10 Å². The van der Waals surface area contributed by atoms with Crippen LogP contribution in [0.1, 0.15) is 61.8 Å². The number of ether oxygens (including phenoxy) is 1. The first-order valence-electron chi connectivity index (χ1n) is 11.0. The highest BCUT2D eigenvalue weighted by atomic mass is 32.2. The molecule has 3 amide bonds. The Bertz CT molecular complexity index is 881. The van der Waals surface area contributed by atoms with Gasteiger partial charge in [-0.1, -0.05) is 32.0 Å². The van der Waals surface area contributed by atoms with Crippen molar-refractivity contribution in [3.05, 3.63) is 35.4 Å². The van der Waals surface area contributed by atoms with E-state index < -0.39 is 16.8 Å². The molecule has 168 valence electrons. The molecule has 4 unspecified atom stereocenters. The molecule has 7 nitrogen and oxygen atoms in total.